The molecule has 15 nitrogen and oxygen atoms in total. The first kappa shape index (κ1) is 33.5. The Labute approximate surface area is 275 Å². The molecule has 1 aromatic heterocycles. The van der Waals surface area contributed by atoms with E-state index >= 15 is 0 Å². The second-order valence-corrected chi connectivity index (χ2v) is 12.1. The van der Waals surface area contributed by atoms with Crippen molar-refractivity contribution >= 4 is 136 Å². The summed E-state index contributed by atoms with van der Waals surface area (Å²) in [5.74, 6) is -4.89. The molecule has 0 radical (unpaired) electrons. The van der Waals surface area contributed by atoms with E-state index in [9.17, 15) is 29.1 Å². The van der Waals surface area contributed by atoms with Crippen LogP contribution in [0.15, 0.2) is 26.2 Å². The van der Waals surface area contributed by atoms with Crippen LogP contribution in [0.5, 0.6) is 0 Å². The standard InChI is InChI=1S/C17H17N7O8S4.2Na.2H/c1-23-16(20-21-22-23)34-4-5-3-33-15-17(32-2,14(31)24(15)7(5)11(29)30)19-9(26)13-35-12(36-13)6(8(18)25)10(27)28;;;;/h13,15H,3-4H2,1-2H3,(H2,18,25)(H,19,26)(H,27,28)(H,29,30);;;;/t13?,15-,17+;;;;/m1..../s1. The van der Waals surface area contributed by atoms with Crippen molar-refractivity contribution in [2.24, 2.45) is 12.8 Å². The van der Waals surface area contributed by atoms with Gasteiger partial charge in [0.05, 0.1) is 4.24 Å². The number of tetrazole rings is 1. The Morgan fingerprint density at radius 3 is 2.42 bits per heavy atom. The fourth-order valence-corrected chi connectivity index (χ4v) is 8.16. The fourth-order valence-electron chi connectivity index (χ4n) is 3.51. The molecule has 5 N–H and O–H groups in total. The van der Waals surface area contributed by atoms with Crippen LogP contribution >= 0.6 is 47.0 Å². The second kappa shape index (κ2) is 13.3. The molecule has 2 atom stereocenters. The summed E-state index contributed by atoms with van der Waals surface area (Å²) < 4.78 is 6.05. The number of rotatable bonds is 9. The van der Waals surface area contributed by atoms with Crippen molar-refractivity contribution in [1.82, 2.24) is 30.4 Å². The van der Waals surface area contributed by atoms with Gasteiger partial charge in [0.25, 0.3) is 17.5 Å². The van der Waals surface area contributed by atoms with Crippen molar-refractivity contribution in [3.63, 3.8) is 0 Å². The van der Waals surface area contributed by atoms with Crippen LogP contribution in [0.25, 0.3) is 0 Å². The quantitative estimate of drug-likeness (QED) is 0.0418. The van der Waals surface area contributed by atoms with Gasteiger partial charge in [0.2, 0.25) is 11.1 Å². The third-order valence-corrected chi connectivity index (χ3v) is 10.5. The third-order valence-electron chi connectivity index (χ3n) is 5.21. The Morgan fingerprint density at radius 1 is 1.26 bits per heavy atom. The number of β-lactam (4-membered cyclic amide) rings is 1. The molecular formula is C17H19N7Na2O8S4. The van der Waals surface area contributed by atoms with E-state index in [0.717, 1.165) is 28.4 Å². The van der Waals surface area contributed by atoms with Crippen LogP contribution in [-0.2, 0) is 35.8 Å². The normalized spacial score (nSPS) is 23.7. The van der Waals surface area contributed by atoms with Gasteiger partial charge in [0, 0.05) is 25.7 Å². The number of carboxylic acids is 2. The van der Waals surface area contributed by atoms with E-state index < -0.39 is 50.9 Å². The number of nitrogens with one attached hydrogen (secondary N) is 1. The number of carbonyl (C=O) groups is 5. The van der Waals surface area contributed by atoms with Gasteiger partial charge in [0.1, 0.15) is 21.2 Å². The van der Waals surface area contributed by atoms with Gasteiger partial charge < -0.3 is 26.0 Å². The van der Waals surface area contributed by atoms with Gasteiger partial charge in [-0.15, -0.1) is 16.9 Å². The molecule has 2 fully saturated rings. The summed E-state index contributed by atoms with van der Waals surface area (Å²) >= 11 is 4.06. The fraction of sp³-hybridized carbons (Fsp3) is 0.412. The predicted molar refractivity (Wildman–Crippen MR) is 142 cm³/mol. The van der Waals surface area contributed by atoms with Crippen molar-refractivity contribution in [1.29, 1.82) is 0 Å². The molecule has 2 saturated heterocycles. The summed E-state index contributed by atoms with van der Waals surface area (Å²) in [4.78, 5) is 61.7. The monoisotopic (exact) mass is 623 g/mol. The maximum absolute atomic E-state index is 13.2. The number of hydrogen-bond donors (Lipinski definition) is 4. The molecule has 1 aromatic rings. The average molecular weight is 624 g/mol. The summed E-state index contributed by atoms with van der Waals surface area (Å²) in [6, 6.07) is 0. The zero-order valence-electron chi connectivity index (χ0n) is 18.4. The van der Waals surface area contributed by atoms with Gasteiger partial charge in [-0.2, -0.15) is 0 Å². The Morgan fingerprint density at radius 2 is 1.92 bits per heavy atom. The number of aliphatic carboxylic acids is 2. The molecular weight excluding hydrogens is 604 g/mol. The van der Waals surface area contributed by atoms with E-state index in [0.29, 0.717) is 10.7 Å². The number of amides is 3. The van der Waals surface area contributed by atoms with Crippen molar-refractivity contribution in [3.05, 3.63) is 21.1 Å². The molecule has 0 unspecified atom stereocenters. The van der Waals surface area contributed by atoms with Gasteiger partial charge in [-0.05, 0) is 16.0 Å². The van der Waals surface area contributed by atoms with Crippen LogP contribution in [0.1, 0.15) is 0 Å². The van der Waals surface area contributed by atoms with E-state index in [4.69, 9.17) is 15.6 Å². The Hall–Kier alpha value is -0.740. The molecule has 0 saturated carbocycles. The predicted octanol–water partition coefficient (Wildman–Crippen LogP) is -2.69. The van der Waals surface area contributed by atoms with Crippen molar-refractivity contribution in [2.75, 3.05) is 18.6 Å². The molecule has 38 heavy (non-hydrogen) atoms. The summed E-state index contributed by atoms with van der Waals surface area (Å²) in [6.07, 6.45) is 0. The van der Waals surface area contributed by atoms with Gasteiger partial charge in [-0.3, -0.25) is 19.3 Å². The molecule has 4 rings (SSSR count). The second-order valence-electron chi connectivity index (χ2n) is 7.30. The number of aromatic nitrogens is 4. The number of nitrogens with zero attached hydrogens (tertiary/aromatic N) is 5. The number of aryl methyl sites for hydroxylation is 1. The number of nitrogens with two attached hydrogens (primary N) is 1. The summed E-state index contributed by atoms with van der Waals surface area (Å²) in [7, 11) is 2.86. The molecule has 196 valence electrons. The van der Waals surface area contributed by atoms with Crippen molar-refractivity contribution < 1.29 is 38.9 Å². The zero-order valence-corrected chi connectivity index (χ0v) is 21.6. The number of methoxy groups -OCH3 is 1. The van der Waals surface area contributed by atoms with E-state index in [1.165, 1.54) is 35.3 Å². The van der Waals surface area contributed by atoms with E-state index in [-0.39, 0.29) is 80.6 Å². The van der Waals surface area contributed by atoms with Crippen LogP contribution in [0.3, 0.4) is 0 Å². The first-order valence-corrected chi connectivity index (χ1v) is 13.5. The first-order chi connectivity index (χ1) is 17.0. The van der Waals surface area contributed by atoms with Gasteiger partial charge in [-0.25, -0.2) is 14.3 Å². The van der Waals surface area contributed by atoms with Crippen LogP contribution in [0.4, 0.5) is 0 Å². The topological polar surface area (TPSA) is 220 Å². The summed E-state index contributed by atoms with van der Waals surface area (Å²) in [6.45, 7) is 0. The van der Waals surface area contributed by atoms with E-state index in [1.54, 1.807) is 7.05 Å². The molecule has 0 aromatic carbocycles. The molecule has 0 spiro atoms. The number of carboxylic acid groups (broad SMARTS) is 2. The number of primary amides is 1. The summed E-state index contributed by atoms with van der Waals surface area (Å²) in [5, 5.41) is 32.2. The van der Waals surface area contributed by atoms with Gasteiger partial charge in [0.15, 0.2) is 0 Å². The molecule has 3 aliphatic heterocycles. The number of carbonyl (C=O) groups excluding carboxylic acids is 3. The zero-order chi connectivity index (χ0) is 26.4. The molecule has 0 aliphatic carbocycles. The number of ether oxygens (including phenoxy) is 1. The van der Waals surface area contributed by atoms with Crippen molar-refractivity contribution in [3.8, 4) is 0 Å². The molecule has 0 bridgehead atoms. The van der Waals surface area contributed by atoms with Crippen molar-refractivity contribution in [2.45, 2.75) is 20.8 Å². The molecule has 3 amide bonds. The van der Waals surface area contributed by atoms with Gasteiger partial charge in [-0.1, -0.05) is 35.3 Å². The van der Waals surface area contributed by atoms with Gasteiger partial charge >= 0.3 is 71.1 Å². The minimum absolute atomic E-state index is 0. The summed E-state index contributed by atoms with van der Waals surface area (Å²) in [5.41, 5.74) is 2.93. The Balaban J connectivity index is 0.00000253. The van der Waals surface area contributed by atoms with Crippen LogP contribution in [0, 0.1) is 0 Å². The Bertz CT molecular complexity index is 1240. The number of thioether (sulfide) groups is 4. The van der Waals surface area contributed by atoms with E-state index in [2.05, 4.69) is 20.8 Å². The van der Waals surface area contributed by atoms with Crippen LogP contribution < -0.4 is 11.1 Å². The molecule has 4 heterocycles. The molecule has 3 aliphatic rings. The van der Waals surface area contributed by atoms with Crippen LogP contribution in [-0.4, -0.2) is 158 Å². The average Bonchev–Trinajstić information content (AvgIpc) is 3.20. The number of fused-ring (bicyclic) bond motifs is 1. The SMILES string of the molecule is CO[C@@]1(NC(=O)C2SC(=C(C(N)=O)C(=O)O)S2)C(=O)N2C(C(=O)O)=C(CSc3nnnn3C)CS[C@@H]21.[NaH].[NaH]. The Kier molecular flexibility index (Phi) is 11.7. The minimum atomic E-state index is -1.81. The maximum atomic E-state index is 13.2. The van der Waals surface area contributed by atoms with Crippen LogP contribution in [0.2, 0.25) is 0 Å². The third kappa shape index (κ3) is 5.97. The number of hydrogen-bond acceptors (Lipinski definition) is 13. The molecule has 21 heteroatoms. The van der Waals surface area contributed by atoms with E-state index in [1.807, 2.05) is 0 Å². The first-order valence-electron chi connectivity index (χ1n) is 9.75.